The highest BCUT2D eigenvalue weighted by Gasteiger charge is 2.43. The van der Waals surface area contributed by atoms with Crippen molar-refractivity contribution in [3.05, 3.63) is 57.8 Å². The predicted molar refractivity (Wildman–Crippen MR) is 93.3 cm³/mol. The summed E-state index contributed by atoms with van der Waals surface area (Å²) >= 11 is 3.22. The molecule has 3 amide bonds. The number of nitrogens with zero attached hydrogens (tertiary/aromatic N) is 1. The molecule has 1 saturated heterocycles. The summed E-state index contributed by atoms with van der Waals surface area (Å²) in [5, 5.41) is 7.08. The molecular formula is C17H14N2O3S2. The van der Waals surface area contributed by atoms with Crippen LogP contribution in [0.5, 0.6) is 0 Å². The van der Waals surface area contributed by atoms with E-state index >= 15 is 0 Å². The fraction of sp³-hybridized carbons (Fsp3) is 0.235. The van der Waals surface area contributed by atoms with Gasteiger partial charge in [0, 0.05) is 17.5 Å². The van der Waals surface area contributed by atoms with Crippen molar-refractivity contribution in [2.75, 3.05) is 12.3 Å². The Balaban J connectivity index is 1.59. The average molecular weight is 358 g/mol. The summed E-state index contributed by atoms with van der Waals surface area (Å²) in [6, 6.07) is 7.98. The maximum atomic E-state index is 12.6. The molecule has 5 nitrogen and oxygen atoms in total. The quantitative estimate of drug-likeness (QED) is 0.837. The molecule has 1 N–H and O–H groups in total. The Morgan fingerprint density at radius 2 is 1.75 bits per heavy atom. The van der Waals surface area contributed by atoms with Crippen LogP contribution in [0.1, 0.15) is 31.5 Å². The minimum absolute atomic E-state index is 0.139. The van der Waals surface area contributed by atoms with Crippen LogP contribution in [-0.2, 0) is 4.79 Å². The van der Waals surface area contributed by atoms with Crippen LogP contribution >= 0.6 is 23.1 Å². The molecular weight excluding hydrogens is 344 g/mol. The van der Waals surface area contributed by atoms with Gasteiger partial charge >= 0.3 is 0 Å². The lowest BCUT2D eigenvalue weighted by Crippen LogP contribution is -2.50. The lowest BCUT2D eigenvalue weighted by atomic mass is 10.1. The monoisotopic (exact) mass is 358 g/mol. The van der Waals surface area contributed by atoms with Gasteiger partial charge in [0.15, 0.2) is 0 Å². The Bertz CT molecular complexity index is 784. The zero-order chi connectivity index (χ0) is 16.7. The van der Waals surface area contributed by atoms with Gasteiger partial charge in [-0.15, -0.1) is 11.8 Å². The molecule has 122 valence electrons. The van der Waals surface area contributed by atoms with E-state index in [0.29, 0.717) is 23.4 Å². The summed E-state index contributed by atoms with van der Waals surface area (Å²) < 4.78 is 0. The molecule has 1 fully saturated rings. The smallest absolute Gasteiger partial charge is 0.262 e. The Labute approximate surface area is 147 Å². The summed E-state index contributed by atoms with van der Waals surface area (Å²) in [6.07, 6.45) is 0. The fourth-order valence-electron chi connectivity index (χ4n) is 3.01. The van der Waals surface area contributed by atoms with Gasteiger partial charge in [0.05, 0.1) is 11.1 Å². The van der Waals surface area contributed by atoms with Gasteiger partial charge in [-0.3, -0.25) is 19.3 Å². The normalized spacial score (nSPS) is 23.8. The van der Waals surface area contributed by atoms with Gasteiger partial charge in [-0.25, -0.2) is 0 Å². The Morgan fingerprint density at radius 1 is 1.04 bits per heavy atom. The molecule has 2 unspecified atom stereocenters. The van der Waals surface area contributed by atoms with Crippen molar-refractivity contribution >= 4 is 40.8 Å². The van der Waals surface area contributed by atoms with Crippen LogP contribution in [0.25, 0.3) is 0 Å². The van der Waals surface area contributed by atoms with Gasteiger partial charge in [-0.2, -0.15) is 11.3 Å². The molecule has 2 aliphatic rings. The van der Waals surface area contributed by atoms with E-state index in [9.17, 15) is 14.4 Å². The van der Waals surface area contributed by atoms with E-state index in [1.165, 1.54) is 0 Å². The molecule has 3 heterocycles. The van der Waals surface area contributed by atoms with Gasteiger partial charge in [-0.05, 0) is 34.5 Å². The minimum atomic E-state index is -0.772. The van der Waals surface area contributed by atoms with Crippen molar-refractivity contribution in [1.29, 1.82) is 0 Å². The van der Waals surface area contributed by atoms with E-state index in [1.54, 1.807) is 47.4 Å². The highest BCUT2D eigenvalue weighted by atomic mass is 32.2. The molecule has 0 spiro atoms. The summed E-state index contributed by atoms with van der Waals surface area (Å²) in [7, 11) is 0. The van der Waals surface area contributed by atoms with E-state index in [1.807, 2.05) is 11.4 Å². The second-order valence-corrected chi connectivity index (χ2v) is 7.68. The highest BCUT2D eigenvalue weighted by Crippen LogP contribution is 2.34. The molecule has 2 aromatic rings. The number of nitrogens with one attached hydrogen (secondary N) is 1. The van der Waals surface area contributed by atoms with Crippen LogP contribution < -0.4 is 5.32 Å². The second kappa shape index (κ2) is 6.07. The van der Waals surface area contributed by atoms with E-state index in [4.69, 9.17) is 0 Å². The van der Waals surface area contributed by atoms with Crippen molar-refractivity contribution in [2.24, 2.45) is 0 Å². The molecule has 24 heavy (non-hydrogen) atoms. The molecule has 2 atom stereocenters. The molecule has 1 aromatic carbocycles. The van der Waals surface area contributed by atoms with Crippen LogP contribution in [0.3, 0.4) is 0 Å². The minimum Gasteiger partial charge on any atom is -0.353 e. The third kappa shape index (κ3) is 2.44. The first kappa shape index (κ1) is 15.4. The number of imide groups is 1. The molecule has 4 rings (SSSR count). The first-order chi connectivity index (χ1) is 11.7. The first-order valence-electron chi connectivity index (χ1n) is 7.55. The number of thioether (sulfide) groups is 1. The molecule has 7 heteroatoms. The van der Waals surface area contributed by atoms with Gasteiger partial charge < -0.3 is 5.32 Å². The van der Waals surface area contributed by atoms with Gasteiger partial charge in [-0.1, -0.05) is 12.1 Å². The SMILES string of the molecule is O=C1NCC(c2ccsc2)SCC1N1C(=O)c2ccccc2C1=O. The second-order valence-electron chi connectivity index (χ2n) is 5.67. The van der Waals surface area contributed by atoms with Crippen molar-refractivity contribution in [1.82, 2.24) is 10.2 Å². The topological polar surface area (TPSA) is 66.5 Å². The number of fused-ring (bicyclic) bond motifs is 1. The summed E-state index contributed by atoms with van der Waals surface area (Å²) in [5.41, 5.74) is 1.91. The van der Waals surface area contributed by atoms with Gasteiger partial charge in [0.2, 0.25) is 5.91 Å². The van der Waals surface area contributed by atoms with Gasteiger partial charge in [0.25, 0.3) is 11.8 Å². The van der Waals surface area contributed by atoms with Crippen molar-refractivity contribution < 1.29 is 14.4 Å². The van der Waals surface area contributed by atoms with E-state index in [-0.39, 0.29) is 23.0 Å². The molecule has 2 aliphatic heterocycles. The number of carbonyl (C=O) groups excluding carboxylic acids is 3. The van der Waals surface area contributed by atoms with Crippen LogP contribution in [0, 0.1) is 0 Å². The van der Waals surface area contributed by atoms with Crippen molar-refractivity contribution in [3.63, 3.8) is 0 Å². The average Bonchev–Trinajstić information content (AvgIpc) is 3.16. The number of amides is 3. The van der Waals surface area contributed by atoms with E-state index in [2.05, 4.69) is 10.7 Å². The zero-order valence-corrected chi connectivity index (χ0v) is 14.2. The molecule has 1 aromatic heterocycles. The predicted octanol–water partition coefficient (Wildman–Crippen LogP) is 2.32. The molecule has 0 radical (unpaired) electrons. The van der Waals surface area contributed by atoms with Crippen molar-refractivity contribution in [2.45, 2.75) is 11.3 Å². The molecule has 0 bridgehead atoms. The highest BCUT2D eigenvalue weighted by molar-refractivity contribution is 7.99. The maximum Gasteiger partial charge on any atom is 0.262 e. The number of benzene rings is 1. The lowest BCUT2D eigenvalue weighted by molar-refractivity contribution is -0.124. The number of thiophene rings is 1. The van der Waals surface area contributed by atoms with E-state index in [0.717, 1.165) is 10.5 Å². The summed E-state index contributed by atoms with van der Waals surface area (Å²) in [6.45, 7) is 0.500. The van der Waals surface area contributed by atoms with E-state index < -0.39 is 6.04 Å². The molecule has 0 aliphatic carbocycles. The Morgan fingerprint density at radius 3 is 2.38 bits per heavy atom. The largest absolute Gasteiger partial charge is 0.353 e. The maximum absolute atomic E-state index is 12.6. The number of rotatable bonds is 2. The van der Waals surface area contributed by atoms with Crippen molar-refractivity contribution in [3.8, 4) is 0 Å². The van der Waals surface area contributed by atoms with Crippen LogP contribution in [-0.4, -0.2) is 41.0 Å². The lowest BCUT2D eigenvalue weighted by Gasteiger charge is -2.23. The van der Waals surface area contributed by atoms with Crippen LogP contribution in [0.4, 0.5) is 0 Å². The molecule has 0 saturated carbocycles. The third-order valence-corrected chi connectivity index (χ3v) is 6.32. The van der Waals surface area contributed by atoms with Crippen LogP contribution in [0.2, 0.25) is 0 Å². The summed E-state index contributed by atoms with van der Waals surface area (Å²) in [5.74, 6) is -0.636. The number of carbonyl (C=O) groups is 3. The summed E-state index contributed by atoms with van der Waals surface area (Å²) in [4.78, 5) is 38.8. The van der Waals surface area contributed by atoms with Crippen LogP contribution in [0.15, 0.2) is 41.1 Å². The first-order valence-corrected chi connectivity index (χ1v) is 9.54. The number of hydrogen-bond acceptors (Lipinski definition) is 5. The zero-order valence-electron chi connectivity index (χ0n) is 12.6. The van der Waals surface area contributed by atoms with Gasteiger partial charge in [0.1, 0.15) is 6.04 Å². The number of hydrogen-bond donors (Lipinski definition) is 1. The Kier molecular flexibility index (Phi) is 3.90. The standard InChI is InChI=1S/C17H14N2O3S2/c20-15-13(9-24-14(7-18-15)10-5-6-23-8-10)19-16(21)11-3-1-2-4-12(11)17(19)22/h1-6,8,13-14H,7,9H2,(H,18,20). The fourth-order valence-corrected chi connectivity index (χ4v) is 5.06. The Hall–Kier alpha value is -2.12. The third-order valence-electron chi connectivity index (χ3n) is 4.27.